The molecule has 0 aliphatic rings. The number of benzene rings is 1. The molecule has 13 heavy (non-hydrogen) atoms. The van der Waals surface area contributed by atoms with Crippen molar-refractivity contribution in [3.05, 3.63) is 30.3 Å². The van der Waals surface area contributed by atoms with Gasteiger partial charge in [0.1, 0.15) is 5.50 Å². The lowest BCUT2D eigenvalue weighted by Gasteiger charge is -2.26. The molecule has 1 unspecified atom stereocenters. The number of hydrogen-bond acceptors (Lipinski definition) is 2. The van der Waals surface area contributed by atoms with Crippen molar-refractivity contribution >= 4 is 17.3 Å². The molecule has 0 aliphatic carbocycles. The van der Waals surface area contributed by atoms with Crippen LogP contribution in [-0.2, 0) is 0 Å². The zero-order chi connectivity index (χ0) is 9.68. The summed E-state index contributed by atoms with van der Waals surface area (Å²) in [5.41, 5.74) is 0.939. The van der Waals surface area contributed by atoms with Crippen LogP contribution in [0.15, 0.2) is 30.3 Å². The van der Waals surface area contributed by atoms with Gasteiger partial charge in [0.2, 0.25) is 0 Å². The van der Waals surface area contributed by atoms with Crippen LogP contribution in [-0.4, -0.2) is 23.8 Å². The third-order valence-corrected chi connectivity index (χ3v) is 2.09. The van der Waals surface area contributed by atoms with Crippen LogP contribution in [0.3, 0.4) is 0 Å². The predicted octanol–water partition coefficient (Wildman–Crippen LogP) is 2.07. The number of aliphatic hydroxyl groups is 1. The molecule has 0 saturated carbocycles. The maximum atomic E-state index is 8.85. The first kappa shape index (κ1) is 10.4. The Morgan fingerprint density at radius 2 is 2.00 bits per heavy atom. The van der Waals surface area contributed by atoms with E-state index >= 15 is 0 Å². The fourth-order valence-corrected chi connectivity index (χ4v) is 1.45. The summed E-state index contributed by atoms with van der Waals surface area (Å²) >= 11 is 5.97. The molecule has 1 aromatic rings. The van der Waals surface area contributed by atoms with Gasteiger partial charge >= 0.3 is 0 Å². The fraction of sp³-hybridized carbons (Fsp3) is 0.400. The van der Waals surface area contributed by atoms with Crippen molar-refractivity contribution in [3.63, 3.8) is 0 Å². The highest BCUT2D eigenvalue weighted by Gasteiger charge is 2.09. The van der Waals surface area contributed by atoms with Gasteiger partial charge in [0, 0.05) is 12.2 Å². The molecule has 1 aromatic carbocycles. The maximum Gasteiger partial charge on any atom is 0.101 e. The lowest BCUT2D eigenvalue weighted by molar-refractivity contribution is 0.301. The van der Waals surface area contributed by atoms with Gasteiger partial charge in [-0.3, -0.25) is 0 Å². The van der Waals surface area contributed by atoms with Crippen molar-refractivity contribution in [1.82, 2.24) is 0 Å². The Hall–Kier alpha value is -0.730. The second-order valence-corrected chi connectivity index (χ2v) is 3.46. The Bertz CT molecular complexity index is 238. The molecule has 0 aromatic heterocycles. The van der Waals surface area contributed by atoms with E-state index in [4.69, 9.17) is 16.7 Å². The van der Waals surface area contributed by atoms with Crippen LogP contribution in [0.2, 0.25) is 0 Å². The first-order chi connectivity index (χ1) is 6.25. The smallest absolute Gasteiger partial charge is 0.101 e. The van der Waals surface area contributed by atoms with Crippen LogP contribution in [0.25, 0.3) is 0 Å². The number of halogens is 1. The van der Waals surface area contributed by atoms with Crippen LogP contribution in [0.4, 0.5) is 5.69 Å². The first-order valence-electron chi connectivity index (χ1n) is 4.32. The zero-order valence-corrected chi connectivity index (χ0v) is 8.41. The Balaban J connectivity index is 2.76. The van der Waals surface area contributed by atoms with E-state index in [-0.39, 0.29) is 12.1 Å². The van der Waals surface area contributed by atoms with E-state index in [1.807, 2.05) is 42.2 Å². The van der Waals surface area contributed by atoms with Gasteiger partial charge in [-0.15, -0.1) is 0 Å². The summed E-state index contributed by atoms with van der Waals surface area (Å²) in [7, 11) is 0. The maximum absolute atomic E-state index is 8.85. The highest BCUT2D eigenvalue weighted by molar-refractivity contribution is 6.21. The number of nitrogens with zero attached hydrogens (tertiary/aromatic N) is 1. The van der Waals surface area contributed by atoms with Crippen LogP contribution >= 0.6 is 11.6 Å². The van der Waals surface area contributed by atoms with E-state index in [0.29, 0.717) is 6.54 Å². The van der Waals surface area contributed by atoms with Crippen molar-refractivity contribution in [2.75, 3.05) is 18.1 Å². The summed E-state index contributed by atoms with van der Waals surface area (Å²) in [6.45, 7) is 2.57. The second-order valence-electron chi connectivity index (χ2n) is 2.83. The molecule has 3 heteroatoms. The molecule has 0 fully saturated rings. The normalized spacial score (nSPS) is 12.5. The highest BCUT2D eigenvalue weighted by Crippen LogP contribution is 2.17. The summed E-state index contributed by atoms with van der Waals surface area (Å²) in [4.78, 5) is 1.95. The highest BCUT2D eigenvalue weighted by atomic mass is 35.5. The van der Waals surface area contributed by atoms with Crippen LogP contribution in [0.1, 0.15) is 6.92 Å². The SMILES string of the molecule is CC(Cl)N(CCO)c1ccccc1. The molecule has 1 atom stereocenters. The summed E-state index contributed by atoms with van der Waals surface area (Å²) in [6, 6.07) is 9.83. The monoisotopic (exact) mass is 199 g/mol. The van der Waals surface area contributed by atoms with Crippen molar-refractivity contribution in [2.45, 2.75) is 12.4 Å². The lowest BCUT2D eigenvalue weighted by atomic mass is 10.3. The number of anilines is 1. The summed E-state index contributed by atoms with van der Waals surface area (Å²) in [6.07, 6.45) is 0. The van der Waals surface area contributed by atoms with Gasteiger partial charge in [-0.2, -0.15) is 0 Å². The molecule has 0 heterocycles. The van der Waals surface area contributed by atoms with Gasteiger partial charge in [-0.05, 0) is 19.1 Å². The van der Waals surface area contributed by atoms with Crippen molar-refractivity contribution in [3.8, 4) is 0 Å². The molecule has 72 valence electrons. The number of rotatable bonds is 4. The number of para-hydroxylation sites is 1. The quantitative estimate of drug-likeness (QED) is 0.593. The van der Waals surface area contributed by atoms with Gasteiger partial charge in [0.25, 0.3) is 0 Å². The average molecular weight is 200 g/mol. The van der Waals surface area contributed by atoms with E-state index in [2.05, 4.69) is 0 Å². The molecule has 2 nitrogen and oxygen atoms in total. The fourth-order valence-electron chi connectivity index (χ4n) is 1.24. The number of alkyl halides is 1. The van der Waals surface area contributed by atoms with E-state index < -0.39 is 0 Å². The number of aliphatic hydroxyl groups excluding tert-OH is 1. The third kappa shape index (κ3) is 2.90. The van der Waals surface area contributed by atoms with Crippen molar-refractivity contribution in [2.24, 2.45) is 0 Å². The molecular formula is C10H14ClNO. The molecule has 0 amide bonds. The molecule has 0 spiro atoms. The largest absolute Gasteiger partial charge is 0.395 e. The summed E-state index contributed by atoms with van der Waals surface area (Å²) in [5, 5.41) is 8.85. The van der Waals surface area contributed by atoms with Crippen LogP contribution < -0.4 is 4.90 Å². The second kappa shape index (κ2) is 5.10. The molecule has 0 bridgehead atoms. The van der Waals surface area contributed by atoms with E-state index in [0.717, 1.165) is 5.69 Å². The predicted molar refractivity (Wildman–Crippen MR) is 56.2 cm³/mol. The Labute approximate surface area is 83.7 Å². The number of hydrogen-bond donors (Lipinski definition) is 1. The molecular weight excluding hydrogens is 186 g/mol. The Morgan fingerprint density at radius 3 is 2.46 bits per heavy atom. The molecule has 1 N–H and O–H groups in total. The summed E-state index contributed by atoms with van der Waals surface area (Å²) < 4.78 is 0. The first-order valence-corrected chi connectivity index (χ1v) is 4.76. The van der Waals surface area contributed by atoms with Crippen LogP contribution in [0, 0.1) is 0 Å². The lowest BCUT2D eigenvalue weighted by Crippen LogP contribution is -2.31. The van der Waals surface area contributed by atoms with Crippen molar-refractivity contribution < 1.29 is 5.11 Å². The zero-order valence-electron chi connectivity index (χ0n) is 7.65. The minimum Gasteiger partial charge on any atom is -0.395 e. The third-order valence-electron chi connectivity index (χ3n) is 1.86. The Morgan fingerprint density at radius 1 is 1.38 bits per heavy atom. The topological polar surface area (TPSA) is 23.5 Å². The van der Waals surface area contributed by atoms with E-state index in [1.54, 1.807) is 0 Å². The van der Waals surface area contributed by atoms with Gasteiger partial charge in [-0.25, -0.2) is 0 Å². The van der Waals surface area contributed by atoms with Gasteiger partial charge in [0.05, 0.1) is 6.61 Å². The summed E-state index contributed by atoms with van der Waals surface area (Å²) in [5.74, 6) is 0. The molecule has 0 aliphatic heterocycles. The molecule has 1 rings (SSSR count). The van der Waals surface area contributed by atoms with E-state index in [9.17, 15) is 0 Å². The standard InChI is InChI=1S/C10H14ClNO/c1-9(11)12(7-8-13)10-5-3-2-4-6-10/h2-6,9,13H,7-8H2,1H3. The minimum atomic E-state index is -0.102. The van der Waals surface area contributed by atoms with E-state index in [1.165, 1.54) is 0 Å². The van der Waals surface area contributed by atoms with Gasteiger partial charge < -0.3 is 10.0 Å². The minimum absolute atomic E-state index is 0.102. The molecule has 0 saturated heterocycles. The van der Waals surface area contributed by atoms with Gasteiger partial charge in [-0.1, -0.05) is 29.8 Å². The van der Waals surface area contributed by atoms with Crippen LogP contribution in [0.5, 0.6) is 0 Å². The van der Waals surface area contributed by atoms with Crippen molar-refractivity contribution in [1.29, 1.82) is 0 Å². The van der Waals surface area contributed by atoms with Gasteiger partial charge in [0.15, 0.2) is 0 Å². The average Bonchev–Trinajstić information content (AvgIpc) is 2.15. The molecule has 0 radical (unpaired) electrons. The Kier molecular flexibility index (Phi) is 4.06.